The summed E-state index contributed by atoms with van der Waals surface area (Å²) in [7, 11) is 0. The van der Waals surface area contributed by atoms with Crippen molar-refractivity contribution in [2.75, 3.05) is 19.7 Å². The van der Waals surface area contributed by atoms with E-state index >= 15 is 0 Å². The van der Waals surface area contributed by atoms with Crippen molar-refractivity contribution in [3.8, 4) is 0 Å². The van der Waals surface area contributed by atoms with Crippen LogP contribution in [0.1, 0.15) is 51.9 Å². The molecule has 1 saturated heterocycles. The Labute approximate surface area is 126 Å². The Morgan fingerprint density at radius 1 is 1.33 bits per heavy atom. The molecule has 6 nitrogen and oxygen atoms in total. The Bertz CT molecular complexity index is 336. The number of hydrogen-bond donors (Lipinski definition) is 3. The second kappa shape index (κ2) is 9.73. The summed E-state index contributed by atoms with van der Waals surface area (Å²) < 4.78 is 0. The van der Waals surface area contributed by atoms with Gasteiger partial charge in [-0.3, -0.25) is 14.8 Å². The first-order valence-electron chi connectivity index (χ1n) is 7.96. The SMILES string of the molecule is CCCC[C@@H]1CN(CCCCCO)C(=O)[C@H]1CC(=O)NO. The highest BCUT2D eigenvalue weighted by molar-refractivity contribution is 5.87. The number of unbranched alkanes of at least 4 members (excludes halogenated alkanes) is 3. The number of carbonyl (C=O) groups excluding carboxylic acids is 2. The third kappa shape index (κ3) is 5.63. The van der Waals surface area contributed by atoms with Crippen molar-refractivity contribution in [1.29, 1.82) is 0 Å². The summed E-state index contributed by atoms with van der Waals surface area (Å²) in [5, 5.41) is 17.4. The Kier molecular flexibility index (Phi) is 8.30. The van der Waals surface area contributed by atoms with Crippen molar-refractivity contribution in [1.82, 2.24) is 10.4 Å². The average Bonchev–Trinajstić information content (AvgIpc) is 2.78. The van der Waals surface area contributed by atoms with Gasteiger partial charge in [0, 0.05) is 26.1 Å². The second-order valence-corrected chi connectivity index (χ2v) is 5.82. The number of carbonyl (C=O) groups is 2. The molecule has 0 radical (unpaired) electrons. The third-order valence-corrected chi connectivity index (χ3v) is 4.20. The largest absolute Gasteiger partial charge is 0.396 e. The molecular weight excluding hydrogens is 272 g/mol. The molecule has 0 unspecified atom stereocenters. The van der Waals surface area contributed by atoms with Gasteiger partial charge < -0.3 is 10.0 Å². The molecule has 0 bridgehead atoms. The average molecular weight is 300 g/mol. The fraction of sp³-hybridized carbons (Fsp3) is 0.867. The van der Waals surface area contributed by atoms with Crippen molar-refractivity contribution >= 4 is 11.8 Å². The van der Waals surface area contributed by atoms with E-state index in [0.29, 0.717) is 13.1 Å². The van der Waals surface area contributed by atoms with Gasteiger partial charge in [-0.05, 0) is 31.6 Å². The molecule has 0 saturated carbocycles. The summed E-state index contributed by atoms with van der Waals surface area (Å²) in [4.78, 5) is 25.6. The first-order valence-corrected chi connectivity index (χ1v) is 7.96. The van der Waals surface area contributed by atoms with Gasteiger partial charge in [-0.2, -0.15) is 0 Å². The molecule has 21 heavy (non-hydrogen) atoms. The van der Waals surface area contributed by atoms with E-state index < -0.39 is 5.91 Å². The zero-order valence-corrected chi connectivity index (χ0v) is 12.9. The van der Waals surface area contributed by atoms with Crippen LogP contribution >= 0.6 is 0 Å². The van der Waals surface area contributed by atoms with Crippen LogP contribution in [0.2, 0.25) is 0 Å². The molecule has 0 spiro atoms. The van der Waals surface area contributed by atoms with E-state index in [2.05, 4.69) is 6.92 Å². The van der Waals surface area contributed by atoms with Crippen LogP contribution < -0.4 is 5.48 Å². The van der Waals surface area contributed by atoms with Gasteiger partial charge >= 0.3 is 0 Å². The lowest BCUT2D eigenvalue weighted by molar-refractivity contribution is -0.137. The van der Waals surface area contributed by atoms with Gasteiger partial charge in [0.15, 0.2) is 0 Å². The molecule has 2 amide bonds. The molecule has 0 aromatic carbocycles. The van der Waals surface area contributed by atoms with Gasteiger partial charge in [0.25, 0.3) is 0 Å². The summed E-state index contributed by atoms with van der Waals surface area (Å²) in [6, 6.07) is 0. The van der Waals surface area contributed by atoms with Crippen molar-refractivity contribution in [3.05, 3.63) is 0 Å². The van der Waals surface area contributed by atoms with E-state index in [4.69, 9.17) is 10.3 Å². The number of nitrogens with zero attached hydrogens (tertiary/aromatic N) is 1. The number of amides is 2. The van der Waals surface area contributed by atoms with E-state index in [1.807, 2.05) is 4.90 Å². The van der Waals surface area contributed by atoms with Crippen molar-refractivity contribution in [2.45, 2.75) is 51.9 Å². The molecule has 3 N–H and O–H groups in total. The molecule has 1 rings (SSSR count). The molecule has 122 valence electrons. The number of hydrogen-bond acceptors (Lipinski definition) is 4. The van der Waals surface area contributed by atoms with Crippen LogP contribution in [-0.2, 0) is 9.59 Å². The summed E-state index contributed by atoms with van der Waals surface area (Å²) in [5.74, 6) is -0.560. The molecule has 1 aliphatic rings. The maximum atomic E-state index is 12.4. The minimum absolute atomic E-state index is 0.0312. The molecule has 1 fully saturated rings. The highest BCUT2D eigenvalue weighted by Crippen LogP contribution is 2.31. The number of aliphatic hydroxyl groups excluding tert-OH is 1. The molecular formula is C15H28N2O4. The summed E-state index contributed by atoms with van der Waals surface area (Å²) >= 11 is 0. The predicted molar refractivity (Wildman–Crippen MR) is 78.6 cm³/mol. The van der Waals surface area contributed by atoms with Crippen LogP contribution in [-0.4, -0.2) is 46.7 Å². The van der Waals surface area contributed by atoms with E-state index in [1.54, 1.807) is 5.48 Å². The first kappa shape index (κ1) is 17.9. The van der Waals surface area contributed by atoms with Crippen molar-refractivity contribution < 1.29 is 19.9 Å². The van der Waals surface area contributed by atoms with Crippen LogP contribution in [0, 0.1) is 11.8 Å². The third-order valence-electron chi connectivity index (χ3n) is 4.20. The minimum Gasteiger partial charge on any atom is -0.396 e. The number of hydroxylamine groups is 1. The topological polar surface area (TPSA) is 89.9 Å². The normalized spacial score (nSPS) is 21.9. The Hall–Kier alpha value is -1.14. The zero-order chi connectivity index (χ0) is 15.7. The summed E-state index contributed by atoms with van der Waals surface area (Å²) in [6.07, 6.45) is 5.67. The fourth-order valence-electron chi connectivity index (χ4n) is 2.99. The summed E-state index contributed by atoms with van der Waals surface area (Å²) in [6.45, 7) is 3.70. The van der Waals surface area contributed by atoms with Gasteiger partial charge in [0.2, 0.25) is 11.8 Å². The highest BCUT2D eigenvalue weighted by atomic mass is 16.5. The van der Waals surface area contributed by atoms with Crippen LogP contribution in [0.4, 0.5) is 0 Å². The smallest absolute Gasteiger partial charge is 0.244 e. The molecule has 0 aromatic heterocycles. The lowest BCUT2D eigenvalue weighted by atomic mass is 9.88. The maximum Gasteiger partial charge on any atom is 0.244 e. The monoisotopic (exact) mass is 300 g/mol. The summed E-state index contributed by atoms with van der Waals surface area (Å²) in [5.41, 5.74) is 1.63. The number of nitrogens with one attached hydrogen (secondary N) is 1. The highest BCUT2D eigenvalue weighted by Gasteiger charge is 2.40. The van der Waals surface area contributed by atoms with Gasteiger partial charge in [0.1, 0.15) is 0 Å². The van der Waals surface area contributed by atoms with Crippen LogP contribution in [0.25, 0.3) is 0 Å². The number of aliphatic hydroxyl groups is 1. The fourth-order valence-corrected chi connectivity index (χ4v) is 2.99. The van der Waals surface area contributed by atoms with Gasteiger partial charge in [-0.25, -0.2) is 5.48 Å². The molecule has 0 aliphatic carbocycles. The Morgan fingerprint density at radius 2 is 2.10 bits per heavy atom. The van der Waals surface area contributed by atoms with Gasteiger partial charge in [-0.1, -0.05) is 19.8 Å². The zero-order valence-electron chi connectivity index (χ0n) is 12.9. The van der Waals surface area contributed by atoms with Crippen LogP contribution in [0.15, 0.2) is 0 Å². The lowest BCUT2D eigenvalue weighted by Gasteiger charge is -2.16. The van der Waals surface area contributed by atoms with E-state index in [-0.39, 0.29) is 30.8 Å². The quantitative estimate of drug-likeness (QED) is 0.322. The van der Waals surface area contributed by atoms with E-state index in [1.165, 1.54) is 0 Å². The first-order chi connectivity index (χ1) is 10.1. The molecule has 1 aliphatic heterocycles. The van der Waals surface area contributed by atoms with Crippen molar-refractivity contribution in [3.63, 3.8) is 0 Å². The minimum atomic E-state index is -0.489. The second-order valence-electron chi connectivity index (χ2n) is 5.82. The standard InChI is InChI=1S/C15H28N2O4/c1-2-3-7-12-11-17(8-5-4-6-9-18)15(20)13(12)10-14(19)16-21/h12-13,18,21H,2-11H2,1H3,(H,16,19)/t12-,13+/m1/s1. The maximum absolute atomic E-state index is 12.4. The molecule has 1 heterocycles. The van der Waals surface area contributed by atoms with Crippen molar-refractivity contribution in [2.24, 2.45) is 11.8 Å². The van der Waals surface area contributed by atoms with Gasteiger partial charge in [-0.15, -0.1) is 0 Å². The molecule has 2 atom stereocenters. The predicted octanol–water partition coefficient (Wildman–Crippen LogP) is 1.31. The van der Waals surface area contributed by atoms with Crippen LogP contribution in [0.5, 0.6) is 0 Å². The van der Waals surface area contributed by atoms with E-state index in [0.717, 1.165) is 38.5 Å². The number of likely N-dealkylation sites (tertiary alicyclic amines) is 1. The van der Waals surface area contributed by atoms with E-state index in [9.17, 15) is 9.59 Å². The molecule has 6 heteroatoms. The van der Waals surface area contributed by atoms with Crippen LogP contribution in [0.3, 0.4) is 0 Å². The Balaban J connectivity index is 2.55. The number of rotatable bonds is 10. The Morgan fingerprint density at radius 3 is 2.71 bits per heavy atom. The van der Waals surface area contributed by atoms with Gasteiger partial charge in [0.05, 0.1) is 5.92 Å². The molecule has 0 aromatic rings. The lowest BCUT2D eigenvalue weighted by Crippen LogP contribution is -2.31.